The van der Waals surface area contributed by atoms with Crippen LogP contribution in [0.4, 0.5) is 0 Å². The van der Waals surface area contributed by atoms with E-state index in [2.05, 4.69) is 33.0 Å². The van der Waals surface area contributed by atoms with Crippen molar-refractivity contribution in [1.82, 2.24) is 0 Å². The summed E-state index contributed by atoms with van der Waals surface area (Å²) in [6, 6.07) is 1.000. The van der Waals surface area contributed by atoms with E-state index in [0.29, 0.717) is 12.1 Å². The van der Waals surface area contributed by atoms with Crippen molar-refractivity contribution in [2.24, 2.45) is 0 Å². The smallest absolute Gasteiger partial charge is 0.658 e. The molecule has 0 aromatic rings. The van der Waals surface area contributed by atoms with Gasteiger partial charge in [-0.25, -0.2) is 0 Å². The molecule has 0 heterocycles. The van der Waals surface area contributed by atoms with Crippen molar-refractivity contribution in [1.29, 1.82) is 0 Å². The molecule has 0 amide bonds. The van der Waals surface area contributed by atoms with Gasteiger partial charge in [-0.05, 0) is 6.92 Å². The molecule has 0 atom stereocenters. The van der Waals surface area contributed by atoms with Crippen molar-refractivity contribution >= 4 is 5.97 Å². The van der Waals surface area contributed by atoms with Crippen LogP contribution in [0.5, 0.6) is 0 Å². The van der Waals surface area contributed by atoms with Crippen LogP contribution in [-0.2, 0) is 4.79 Å². The molecule has 68 valence electrons. The Kier molecular flexibility index (Phi) is 29.8. The van der Waals surface area contributed by atoms with Crippen LogP contribution < -0.4 is 75.4 Å². The van der Waals surface area contributed by atoms with E-state index in [9.17, 15) is 0 Å². The van der Waals surface area contributed by atoms with Crippen molar-refractivity contribution in [2.75, 3.05) is 0 Å². The molecule has 0 radical (unpaired) electrons. The van der Waals surface area contributed by atoms with E-state index < -0.39 is 5.97 Å². The molecular weight excluding hydrogens is 188 g/mol. The first-order chi connectivity index (χ1) is 4.86. The van der Waals surface area contributed by atoms with E-state index in [-0.39, 0.29) is 70.2 Å². The second-order valence-electron chi connectivity index (χ2n) is 2.83. The summed E-state index contributed by atoms with van der Waals surface area (Å²) in [5.74, 6) is -1.08. The number of carboxylic acids is 1. The zero-order valence-electron chi connectivity index (χ0n) is 9.92. The first kappa shape index (κ1) is 24.1. The summed E-state index contributed by atoms with van der Waals surface area (Å²) in [7, 11) is 0. The average molecular weight is 205 g/mol. The quantitative estimate of drug-likeness (QED) is 0.424. The molecule has 0 unspecified atom stereocenters. The Labute approximate surface area is 136 Å². The molecule has 0 bridgehead atoms. The minimum atomic E-state index is -1.08. The molecular formula is C8H17KLiNO2. The van der Waals surface area contributed by atoms with E-state index in [1.165, 1.54) is 0 Å². The zero-order valence-corrected chi connectivity index (χ0v) is 13.0. The Morgan fingerprint density at radius 2 is 1.31 bits per heavy atom. The molecule has 0 aliphatic carbocycles. The fourth-order valence-electron chi connectivity index (χ4n) is 0.596. The fourth-order valence-corrected chi connectivity index (χ4v) is 0.596. The topological polar surface area (TPSA) is 54.2 Å². The van der Waals surface area contributed by atoms with Crippen LogP contribution in [0.1, 0.15) is 34.6 Å². The van der Waals surface area contributed by atoms with Crippen LogP contribution in [0, 0.1) is 0 Å². The molecule has 5 heteroatoms. The van der Waals surface area contributed by atoms with Gasteiger partial charge in [0.1, 0.15) is 0 Å². The monoisotopic (exact) mass is 205 g/mol. The van der Waals surface area contributed by atoms with Crippen molar-refractivity contribution in [3.05, 3.63) is 5.32 Å². The van der Waals surface area contributed by atoms with Gasteiger partial charge in [0.05, 0.1) is 0 Å². The molecule has 0 aromatic carbocycles. The summed E-state index contributed by atoms with van der Waals surface area (Å²) < 4.78 is 0. The third kappa shape index (κ3) is 57.9. The van der Waals surface area contributed by atoms with E-state index in [1.807, 2.05) is 0 Å². The molecule has 0 spiro atoms. The summed E-state index contributed by atoms with van der Waals surface area (Å²) in [6.45, 7) is 9.36. The van der Waals surface area contributed by atoms with Crippen LogP contribution in [0.3, 0.4) is 0 Å². The first-order valence-electron chi connectivity index (χ1n) is 3.73. The van der Waals surface area contributed by atoms with Gasteiger partial charge < -0.3 is 15.2 Å². The van der Waals surface area contributed by atoms with E-state index in [0.717, 1.165) is 6.92 Å². The number of carbonyl (C=O) groups excluding carboxylic acids is 1. The number of rotatable bonds is 2. The van der Waals surface area contributed by atoms with Crippen LogP contribution in [0.2, 0.25) is 0 Å². The van der Waals surface area contributed by atoms with Gasteiger partial charge in [-0.1, -0.05) is 27.7 Å². The Hall–Kier alpha value is 1.66. The first-order valence-corrected chi connectivity index (χ1v) is 3.73. The van der Waals surface area contributed by atoms with E-state index in [4.69, 9.17) is 9.90 Å². The Morgan fingerprint density at radius 1 is 1.15 bits per heavy atom. The van der Waals surface area contributed by atoms with Crippen LogP contribution in [0.25, 0.3) is 5.32 Å². The Bertz CT molecular complexity index is 100. The Balaban J connectivity index is -0.0000000600. The third-order valence-electron chi connectivity index (χ3n) is 0.596. The van der Waals surface area contributed by atoms with Gasteiger partial charge in [0.2, 0.25) is 0 Å². The SMILES string of the molecule is CC(=O)[O-].CC(C)[N-]C(C)C.[K+].[Li+]. The van der Waals surface area contributed by atoms with Crippen LogP contribution in [-0.4, -0.2) is 18.1 Å². The minimum Gasteiger partial charge on any atom is -0.658 e. The number of carboxylic acid groups (broad SMARTS) is 1. The molecule has 0 rings (SSSR count). The van der Waals surface area contributed by atoms with Crippen LogP contribution >= 0.6 is 0 Å². The van der Waals surface area contributed by atoms with Crippen LogP contribution in [0.15, 0.2) is 0 Å². The molecule has 0 aliphatic rings. The molecule has 0 fully saturated rings. The molecule has 13 heavy (non-hydrogen) atoms. The summed E-state index contributed by atoms with van der Waals surface area (Å²) in [4.78, 5) is 8.89. The standard InChI is InChI=1S/C6H14N.C2H4O2.K.Li/c1-5(2)7-6(3)4;1-2(3)4;;/h5-6H,1-4H3;1H3,(H,3,4);;/q-1;;2*+1/p-1. The minimum absolute atomic E-state index is 0. The number of nitrogens with zero attached hydrogens (tertiary/aromatic N) is 1. The largest absolute Gasteiger partial charge is 1.00 e. The van der Waals surface area contributed by atoms with Crippen molar-refractivity contribution < 1.29 is 80.1 Å². The van der Waals surface area contributed by atoms with Gasteiger partial charge in [0.15, 0.2) is 0 Å². The van der Waals surface area contributed by atoms with Gasteiger partial charge in [-0.2, -0.15) is 0 Å². The summed E-state index contributed by atoms with van der Waals surface area (Å²) in [5.41, 5.74) is 0. The number of hydrogen-bond donors (Lipinski definition) is 0. The van der Waals surface area contributed by atoms with Gasteiger partial charge >= 0.3 is 70.2 Å². The maximum Gasteiger partial charge on any atom is 1.00 e. The summed E-state index contributed by atoms with van der Waals surface area (Å²) >= 11 is 0. The number of carbonyl (C=O) groups is 1. The second kappa shape index (κ2) is 16.1. The van der Waals surface area contributed by atoms with Gasteiger partial charge in [-0.15, -0.1) is 12.1 Å². The molecule has 0 saturated carbocycles. The predicted octanol–water partition coefficient (Wildman–Crippen LogP) is -5.06. The van der Waals surface area contributed by atoms with Gasteiger partial charge in [0, 0.05) is 5.97 Å². The summed E-state index contributed by atoms with van der Waals surface area (Å²) in [5, 5.41) is 13.2. The normalized spacial score (nSPS) is 7.92. The van der Waals surface area contributed by atoms with Gasteiger partial charge in [-0.3, -0.25) is 0 Å². The van der Waals surface area contributed by atoms with E-state index >= 15 is 0 Å². The molecule has 0 aromatic heterocycles. The molecule has 3 nitrogen and oxygen atoms in total. The summed E-state index contributed by atoms with van der Waals surface area (Å²) in [6.07, 6.45) is 0. The third-order valence-corrected chi connectivity index (χ3v) is 0.596. The average Bonchev–Trinajstić information content (AvgIpc) is 1.56. The Morgan fingerprint density at radius 3 is 1.31 bits per heavy atom. The zero-order chi connectivity index (χ0) is 9.44. The van der Waals surface area contributed by atoms with E-state index in [1.54, 1.807) is 0 Å². The maximum atomic E-state index is 8.89. The maximum absolute atomic E-state index is 8.89. The fraction of sp³-hybridized carbons (Fsp3) is 0.875. The van der Waals surface area contributed by atoms with Crippen molar-refractivity contribution in [3.63, 3.8) is 0 Å². The molecule has 0 N–H and O–H groups in total. The second-order valence-corrected chi connectivity index (χ2v) is 2.83. The van der Waals surface area contributed by atoms with Gasteiger partial charge in [0.25, 0.3) is 0 Å². The van der Waals surface area contributed by atoms with Crippen molar-refractivity contribution in [3.8, 4) is 0 Å². The molecule has 0 saturated heterocycles. The number of hydrogen-bond acceptors (Lipinski definition) is 2. The van der Waals surface area contributed by atoms with Crippen molar-refractivity contribution in [2.45, 2.75) is 46.7 Å². The predicted molar refractivity (Wildman–Crippen MR) is 44.3 cm³/mol. The number of aliphatic carboxylic acids is 1. The molecule has 0 aliphatic heterocycles.